The van der Waals surface area contributed by atoms with Crippen LogP contribution in [0.1, 0.15) is 30.5 Å². The van der Waals surface area contributed by atoms with E-state index in [0.29, 0.717) is 11.3 Å². The predicted molar refractivity (Wildman–Crippen MR) is 74.9 cm³/mol. The summed E-state index contributed by atoms with van der Waals surface area (Å²) >= 11 is 0. The van der Waals surface area contributed by atoms with Gasteiger partial charge in [0.05, 0.1) is 0 Å². The molecule has 0 radical (unpaired) electrons. The summed E-state index contributed by atoms with van der Waals surface area (Å²) in [4.78, 5) is 0. The number of ether oxygens (including phenoxy) is 1. The molecule has 0 aliphatic carbocycles. The van der Waals surface area contributed by atoms with Crippen molar-refractivity contribution in [1.82, 2.24) is 0 Å². The molecule has 2 rings (SSSR count). The number of hydrogen-bond donors (Lipinski definition) is 1. The summed E-state index contributed by atoms with van der Waals surface area (Å²) in [5.74, 6) is 0.513. The standard InChI is InChI=1S/C16H18FNO/c1-3-13(18)12-8-4-5-9-14(12)19-15-10-6-7-11(2)16(15)17/h4-10,13H,3,18H2,1-2H3/t13-/m0/s1. The SMILES string of the molecule is CC[C@H](N)c1ccccc1Oc1cccc(C)c1F. The molecule has 0 saturated heterocycles. The fourth-order valence-corrected chi connectivity index (χ4v) is 1.92. The Labute approximate surface area is 113 Å². The van der Waals surface area contributed by atoms with Crippen molar-refractivity contribution in [3.8, 4) is 11.5 Å². The van der Waals surface area contributed by atoms with Crippen LogP contribution in [0.15, 0.2) is 42.5 Å². The van der Waals surface area contributed by atoms with Gasteiger partial charge < -0.3 is 10.5 Å². The van der Waals surface area contributed by atoms with Gasteiger partial charge in [0.1, 0.15) is 5.75 Å². The van der Waals surface area contributed by atoms with Gasteiger partial charge in [-0.3, -0.25) is 0 Å². The number of rotatable bonds is 4. The Bertz CT molecular complexity index is 568. The average Bonchev–Trinajstić information content (AvgIpc) is 2.43. The van der Waals surface area contributed by atoms with E-state index in [1.165, 1.54) is 0 Å². The molecule has 3 heteroatoms. The van der Waals surface area contributed by atoms with Crippen molar-refractivity contribution in [3.63, 3.8) is 0 Å². The number of aryl methyl sites for hydroxylation is 1. The molecule has 0 bridgehead atoms. The second-order valence-corrected chi connectivity index (χ2v) is 4.54. The monoisotopic (exact) mass is 259 g/mol. The molecule has 2 aromatic rings. The second-order valence-electron chi connectivity index (χ2n) is 4.54. The minimum atomic E-state index is -0.331. The molecule has 1 atom stereocenters. The summed E-state index contributed by atoms with van der Waals surface area (Å²) in [6, 6.07) is 12.5. The zero-order chi connectivity index (χ0) is 13.8. The third-order valence-corrected chi connectivity index (χ3v) is 3.13. The first-order valence-electron chi connectivity index (χ1n) is 6.41. The van der Waals surface area contributed by atoms with Gasteiger partial charge in [0.25, 0.3) is 0 Å². The summed E-state index contributed by atoms with van der Waals surface area (Å²) in [5, 5.41) is 0. The lowest BCUT2D eigenvalue weighted by Crippen LogP contribution is -2.10. The van der Waals surface area contributed by atoms with E-state index in [1.54, 1.807) is 25.1 Å². The van der Waals surface area contributed by atoms with E-state index in [2.05, 4.69) is 0 Å². The van der Waals surface area contributed by atoms with Crippen LogP contribution in [0, 0.1) is 12.7 Å². The van der Waals surface area contributed by atoms with Crippen molar-refractivity contribution in [2.24, 2.45) is 5.73 Å². The molecular formula is C16H18FNO. The molecule has 100 valence electrons. The summed E-state index contributed by atoms with van der Waals surface area (Å²) in [5.41, 5.74) is 7.50. The van der Waals surface area contributed by atoms with Crippen LogP contribution < -0.4 is 10.5 Å². The summed E-state index contributed by atoms with van der Waals surface area (Å²) in [7, 11) is 0. The van der Waals surface area contributed by atoms with Crippen molar-refractivity contribution >= 4 is 0 Å². The van der Waals surface area contributed by atoms with Crippen LogP contribution in [0.5, 0.6) is 11.5 Å². The van der Waals surface area contributed by atoms with Gasteiger partial charge in [-0.2, -0.15) is 0 Å². The second kappa shape index (κ2) is 5.85. The van der Waals surface area contributed by atoms with Gasteiger partial charge in [-0.05, 0) is 31.0 Å². The van der Waals surface area contributed by atoms with Gasteiger partial charge >= 0.3 is 0 Å². The first kappa shape index (κ1) is 13.6. The fraction of sp³-hybridized carbons (Fsp3) is 0.250. The van der Waals surface area contributed by atoms with E-state index >= 15 is 0 Å². The lowest BCUT2D eigenvalue weighted by molar-refractivity contribution is 0.431. The van der Waals surface area contributed by atoms with Crippen molar-refractivity contribution in [3.05, 3.63) is 59.4 Å². The molecule has 0 heterocycles. The van der Waals surface area contributed by atoms with Crippen molar-refractivity contribution < 1.29 is 9.13 Å². The maximum absolute atomic E-state index is 13.9. The first-order chi connectivity index (χ1) is 9.13. The Morgan fingerprint density at radius 1 is 1.11 bits per heavy atom. The van der Waals surface area contributed by atoms with E-state index in [1.807, 2.05) is 31.2 Å². The highest BCUT2D eigenvalue weighted by molar-refractivity contribution is 5.41. The van der Waals surface area contributed by atoms with E-state index in [9.17, 15) is 4.39 Å². The number of para-hydroxylation sites is 1. The Morgan fingerprint density at radius 3 is 2.53 bits per heavy atom. The molecular weight excluding hydrogens is 241 g/mol. The fourth-order valence-electron chi connectivity index (χ4n) is 1.92. The van der Waals surface area contributed by atoms with E-state index in [4.69, 9.17) is 10.5 Å². The zero-order valence-corrected chi connectivity index (χ0v) is 11.2. The Balaban J connectivity index is 2.36. The maximum Gasteiger partial charge on any atom is 0.168 e. The molecule has 0 saturated carbocycles. The minimum Gasteiger partial charge on any atom is -0.454 e. The van der Waals surface area contributed by atoms with Crippen LogP contribution in [0.4, 0.5) is 4.39 Å². The van der Waals surface area contributed by atoms with Gasteiger partial charge in [-0.1, -0.05) is 37.3 Å². The summed E-state index contributed by atoms with van der Waals surface area (Å²) in [6.07, 6.45) is 0.802. The summed E-state index contributed by atoms with van der Waals surface area (Å²) in [6.45, 7) is 3.72. The minimum absolute atomic E-state index is 0.107. The zero-order valence-electron chi connectivity index (χ0n) is 11.2. The predicted octanol–water partition coefficient (Wildman–Crippen LogP) is 4.34. The smallest absolute Gasteiger partial charge is 0.168 e. The van der Waals surface area contributed by atoms with Crippen molar-refractivity contribution in [2.45, 2.75) is 26.3 Å². The quantitative estimate of drug-likeness (QED) is 0.886. The number of benzene rings is 2. The normalized spacial score (nSPS) is 12.2. The Hall–Kier alpha value is -1.87. The largest absolute Gasteiger partial charge is 0.454 e. The highest BCUT2D eigenvalue weighted by Crippen LogP contribution is 2.31. The molecule has 0 spiro atoms. The van der Waals surface area contributed by atoms with Gasteiger partial charge in [0, 0.05) is 11.6 Å². The number of nitrogens with two attached hydrogens (primary N) is 1. The van der Waals surface area contributed by atoms with E-state index < -0.39 is 0 Å². The van der Waals surface area contributed by atoms with Gasteiger partial charge in [-0.25, -0.2) is 4.39 Å². The third kappa shape index (κ3) is 2.93. The molecule has 0 aromatic heterocycles. The summed E-state index contributed by atoms with van der Waals surface area (Å²) < 4.78 is 19.6. The van der Waals surface area contributed by atoms with Crippen LogP contribution in [0.3, 0.4) is 0 Å². The highest BCUT2D eigenvalue weighted by Gasteiger charge is 2.13. The molecule has 2 N–H and O–H groups in total. The van der Waals surface area contributed by atoms with Crippen molar-refractivity contribution in [2.75, 3.05) is 0 Å². The molecule has 2 nitrogen and oxygen atoms in total. The van der Waals surface area contributed by atoms with Crippen LogP contribution >= 0.6 is 0 Å². The maximum atomic E-state index is 13.9. The molecule has 0 aliphatic rings. The molecule has 19 heavy (non-hydrogen) atoms. The molecule has 2 aromatic carbocycles. The van der Waals surface area contributed by atoms with E-state index in [-0.39, 0.29) is 17.6 Å². The number of hydrogen-bond acceptors (Lipinski definition) is 2. The van der Waals surface area contributed by atoms with Crippen LogP contribution in [0.2, 0.25) is 0 Å². The topological polar surface area (TPSA) is 35.2 Å². The molecule has 0 amide bonds. The van der Waals surface area contributed by atoms with Crippen molar-refractivity contribution in [1.29, 1.82) is 0 Å². The number of halogens is 1. The lowest BCUT2D eigenvalue weighted by atomic mass is 10.0. The Kier molecular flexibility index (Phi) is 4.17. The molecule has 0 aliphatic heterocycles. The van der Waals surface area contributed by atoms with Crippen LogP contribution in [-0.4, -0.2) is 0 Å². The molecule has 0 fully saturated rings. The van der Waals surface area contributed by atoms with E-state index in [0.717, 1.165) is 12.0 Å². The lowest BCUT2D eigenvalue weighted by Gasteiger charge is -2.16. The highest BCUT2D eigenvalue weighted by atomic mass is 19.1. The third-order valence-electron chi connectivity index (χ3n) is 3.13. The van der Waals surface area contributed by atoms with Gasteiger partial charge in [0.2, 0.25) is 0 Å². The van der Waals surface area contributed by atoms with Crippen LogP contribution in [-0.2, 0) is 0 Å². The average molecular weight is 259 g/mol. The Morgan fingerprint density at radius 2 is 1.79 bits per heavy atom. The first-order valence-corrected chi connectivity index (χ1v) is 6.41. The molecule has 0 unspecified atom stereocenters. The van der Waals surface area contributed by atoms with Crippen LogP contribution in [0.25, 0.3) is 0 Å². The van der Waals surface area contributed by atoms with Gasteiger partial charge in [0.15, 0.2) is 11.6 Å². The van der Waals surface area contributed by atoms with Gasteiger partial charge in [-0.15, -0.1) is 0 Å².